The third-order valence-corrected chi connectivity index (χ3v) is 8.30. The lowest BCUT2D eigenvalue weighted by molar-refractivity contribution is -0.146. The number of aryl methyl sites for hydroxylation is 2. The molecule has 4 aliphatic rings. The second-order valence-corrected chi connectivity index (χ2v) is 11.3. The molecule has 1 N–H and O–H groups in total. The zero-order valence-electron chi connectivity index (χ0n) is 22.3. The van der Waals surface area contributed by atoms with Gasteiger partial charge in [-0.1, -0.05) is 50.3 Å². The molecular formula is C29H37N3O5. The Morgan fingerprint density at radius 2 is 1.84 bits per heavy atom. The minimum Gasteiger partial charge on any atom is -0.394 e. The molecule has 1 spiro atoms. The molecule has 8 heteroatoms. The van der Waals surface area contributed by atoms with Gasteiger partial charge < -0.3 is 24.5 Å². The average Bonchev–Trinajstić information content (AvgIpc) is 3.18. The van der Waals surface area contributed by atoms with Crippen molar-refractivity contribution in [2.45, 2.75) is 57.9 Å². The van der Waals surface area contributed by atoms with Gasteiger partial charge in [0.1, 0.15) is 11.6 Å². The Morgan fingerprint density at radius 3 is 2.54 bits per heavy atom. The average molecular weight is 508 g/mol. The molecule has 0 aromatic heterocycles. The molecule has 3 amide bonds. The summed E-state index contributed by atoms with van der Waals surface area (Å²) in [6, 6.07) is 4.43. The Bertz CT molecular complexity index is 1180. The number of benzene rings is 1. The lowest BCUT2D eigenvalue weighted by Crippen LogP contribution is -2.58. The Morgan fingerprint density at radius 1 is 1.08 bits per heavy atom. The molecular weight excluding hydrogens is 470 g/mol. The van der Waals surface area contributed by atoms with Crippen molar-refractivity contribution in [2.75, 3.05) is 31.6 Å². The van der Waals surface area contributed by atoms with E-state index in [1.54, 1.807) is 21.7 Å². The highest BCUT2D eigenvalue weighted by molar-refractivity contribution is 6.06. The minimum absolute atomic E-state index is 0.160. The van der Waals surface area contributed by atoms with E-state index >= 15 is 0 Å². The second kappa shape index (κ2) is 9.40. The summed E-state index contributed by atoms with van der Waals surface area (Å²) >= 11 is 0. The fourth-order valence-corrected chi connectivity index (χ4v) is 6.64. The summed E-state index contributed by atoms with van der Waals surface area (Å²) in [6.07, 6.45) is 7.42. The van der Waals surface area contributed by atoms with Crippen molar-refractivity contribution in [2.24, 2.45) is 17.8 Å². The topological polar surface area (TPSA) is 90.4 Å². The predicted molar refractivity (Wildman–Crippen MR) is 140 cm³/mol. The summed E-state index contributed by atoms with van der Waals surface area (Å²) in [7, 11) is 1.72. The van der Waals surface area contributed by atoms with Crippen molar-refractivity contribution in [3.8, 4) is 0 Å². The van der Waals surface area contributed by atoms with Gasteiger partial charge in [0, 0.05) is 25.8 Å². The number of carbonyl (C=O) groups is 3. The van der Waals surface area contributed by atoms with Crippen LogP contribution in [-0.2, 0) is 19.1 Å². The van der Waals surface area contributed by atoms with E-state index < -0.39 is 35.6 Å². The van der Waals surface area contributed by atoms with E-state index in [4.69, 9.17) is 4.74 Å². The normalized spacial score (nSPS) is 32.0. The van der Waals surface area contributed by atoms with Gasteiger partial charge in [0.2, 0.25) is 11.8 Å². The Balaban J connectivity index is 1.67. The molecule has 0 radical (unpaired) electrons. The van der Waals surface area contributed by atoms with E-state index in [1.807, 2.05) is 70.2 Å². The molecule has 1 aromatic rings. The summed E-state index contributed by atoms with van der Waals surface area (Å²) in [6.45, 7) is 8.49. The molecule has 4 heterocycles. The lowest BCUT2D eigenvalue weighted by Gasteiger charge is -2.39. The minimum atomic E-state index is -1.29. The molecule has 6 atom stereocenters. The first-order valence-electron chi connectivity index (χ1n) is 13.2. The number of likely N-dealkylation sites (N-methyl/N-ethyl adjacent to an activating group) is 1. The van der Waals surface area contributed by atoms with E-state index in [-0.39, 0.29) is 30.2 Å². The molecule has 5 rings (SSSR count). The van der Waals surface area contributed by atoms with Crippen LogP contribution in [0.4, 0.5) is 5.69 Å². The first-order chi connectivity index (χ1) is 17.6. The Hall–Kier alpha value is -2.97. The molecule has 1 unspecified atom stereocenters. The first kappa shape index (κ1) is 25.7. The summed E-state index contributed by atoms with van der Waals surface area (Å²) in [4.78, 5) is 47.2. The fourth-order valence-electron chi connectivity index (χ4n) is 6.64. The number of likely N-dealkylation sites (tertiary alicyclic amines) is 1. The van der Waals surface area contributed by atoms with Gasteiger partial charge >= 0.3 is 0 Å². The zero-order chi connectivity index (χ0) is 26.6. The highest BCUT2D eigenvalue weighted by Crippen LogP contribution is 2.54. The van der Waals surface area contributed by atoms with Crippen LogP contribution in [0.15, 0.2) is 42.5 Å². The highest BCUT2D eigenvalue weighted by atomic mass is 16.5. The number of hydrogen-bond acceptors (Lipinski definition) is 5. The maximum absolute atomic E-state index is 14.5. The fraction of sp³-hybridized carbons (Fsp3) is 0.552. The van der Waals surface area contributed by atoms with E-state index in [1.165, 1.54) is 0 Å². The van der Waals surface area contributed by atoms with Gasteiger partial charge in [-0.05, 0) is 43.4 Å². The van der Waals surface area contributed by atoms with Crippen molar-refractivity contribution in [3.05, 3.63) is 53.6 Å². The van der Waals surface area contributed by atoms with Crippen LogP contribution >= 0.6 is 0 Å². The third-order valence-electron chi connectivity index (χ3n) is 8.30. The lowest BCUT2D eigenvalue weighted by atomic mass is 9.77. The molecule has 8 nitrogen and oxygen atoms in total. The van der Waals surface area contributed by atoms with Gasteiger partial charge in [0.25, 0.3) is 5.91 Å². The summed E-state index contributed by atoms with van der Waals surface area (Å²) < 4.78 is 6.66. The largest absolute Gasteiger partial charge is 0.394 e. The molecule has 198 valence electrons. The maximum atomic E-state index is 14.5. The maximum Gasteiger partial charge on any atom is 0.253 e. The number of aliphatic hydroxyl groups is 1. The molecule has 1 aromatic carbocycles. The molecule has 37 heavy (non-hydrogen) atoms. The first-order valence-corrected chi connectivity index (χ1v) is 13.2. The van der Waals surface area contributed by atoms with Crippen molar-refractivity contribution >= 4 is 23.4 Å². The van der Waals surface area contributed by atoms with Crippen LogP contribution in [-0.4, -0.2) is 83.2 Å². The molecule has 0 aliphatic carbocycles. The van der Waals surface area contributed by atoms with Crippen LogP contribution in [0.3, 0.4) is 0 Å². The van der Waals surface area contributed by atoms with Gasteiger partial charge in [-0.3, -0.25) is 14.4 Å². The number of anilines is 1. The number of rotatable bonds is 5. The van der Waals surface area contributed by atoms with Crippen LogP contribution in [0, 0.1) is 31.6 Å². The SMILES string of the molecule is Cc1ccc(C)c(N2CC=C[C@]34O[C@H]5C=CCN(C)C(=O)[C@H]5[C@H]3C(=O)N([C@@H](CO)CC(C)C)C4C2=O)c1. The predicted octanol–water partition coefficient (Wildman–Crippen LogP) is 2.22. The number of hydrogen-bond donors (Lipinski definition) is 1. The summed E-state index contributed by atoms with van der Waals surface area (Å²) in [5.74, 6) is -2.10. The number of fused-ring (bicyclic) bond motifs is 2. The number of ether oxygens (including phenoxy) is 1. The number of carbonyl (C=O) groups excluding carboxylic acids is 3. The molecule has 2 saturated heterocycles. The highest BCUT2D eigenvalue weighted by Gasteiger charge is 2.72. The van der Waals surface area contributed by atoms with Crippen LogP contribution in [0.2, 0.25) is 0 Å². The monoisotopic (exact) mass is 507 g/mol. The van der Waals surface area contributed by atoms with E-state index in [0.29, 0.717) is 19.5 Å². The second-order valence-electron chi connectivity index (χ2n) is 11.3. The smallest absolute Gasteiger partial charge is 0.253 e. The van der Waals surface area contributed by atoms with E-state index in [9.17, 15) is 19.5 Å². The van der Waals surface area contributed by atoms with Crippen LogP contribution in [0.25, 0.3) is 0 Å². The standard InChI is InChI=1S/C29H37N3O5/c1-17(2)14-20(16-33)32-25-28(36)31(21-15-18(3)9-10-19(21)4)13-7-11-29(25)24(27(32)35)23-22(37-29)8-6-12-30(5)26(23)34/h6-11,15,17,20,22-25,33H,12-14,16H2,1-5H3/t20-,22+,23-,24+,25?,29+/m1/s1. The quantitative estimate of drug-likeness (QED) is 0.618. The Kier molecular flexibility index (Phi) is 6.52. The summed E-state index contributed by atoms with van der Waals surface area (Å²) in [5, 5.41) is 10.4. The van der Waals surface area contributed by atoms with Crippen molar-refractivity contribution in [1.29, 1.82) is 0 Å². The van der Waals surface area contributed by atoms with Gasteiger partial charge in [-0.25, -0.2) is 0 Å². The van der Waals surface area contributed by atoms with Gasteiger partial charge in [0.05, 0.1) is 30.6 Å². The Labute approximate surface area is 218 Å². The van der Waals surface area contributed by atoms with Crippen molar-refractivity contribution < 1.29 is 24.2 Å². The summed E-state index contributed by atoms with van der Waals surface area (Å²) in [5.41, 5.74) is 1.47. The molecule has 4 aliphatic heterocycles. The number of amides is 3. The van der Waals surface area contributed by atoms with Gasteiger partial charge in [-0.15, -0.1) is 0 Å². The van der Waals surface area contributed by atoms with Crippen molar-refractivity contribution in [3.63, 3.8) is 0 Å². The van der Waals surface area contributed by atoms with Crippen molar-refractivity contribution in [1.82, 2.24) is 9.80 Å². The van der Waals surface area contributed by atoms with Gasteiger partial charge in [-0.2, -0.15) is 0 Å². The number of nitrogens with zero attached hydrogens (tertiary/aromatic N) is 3. The molecule has 0 saturated carbocycles. The van der Waals surface area contributed by atoms with Crippen LogP contribution in [0.5, 0.6) is 0 Å². The van der Waals surface area contributed by atoms with E-state index in [0.717, 1.165) is 16.8 Å². The van der Waals surface area contributed by atoms with E-state index in [2.05, 4.69) is 0 Å². The third kappa shape index (κ3) is 3.92. The molecule has 0 bridgehead atoms. The van der Waals surface area contributed by atoms with Gasteiger partial charge in [0.15, 0.2) is 0 Å². The van der Waals surface area contributed by atoms with Crippen LogP contribution < -0.4 is 4.90 Å². The number of aliphatic hydroxyl groups excluding tert-OH is 1. The molecule has 2 fully saturated rings. The zero-order valence-corrected chi connectivity index (χ0v) is 22.3. The van der Waals surface area contributed by atoms with Crippen LogP contribution in [0.1, 0.15) is 31.4 Å².